The van der Waals surface area contributed by atoms with E-state index in [1.165, 1.54) is 4.31 Å². The van der Waals surface area contributed by atoms with Crippen LogP contribution >= 0.6 is 0 Å². The molecule has 0 spiro atoms. The summed E-state index contributed by atoms with van der Waals surface area (Å²) >= 11 is 0. The van der Waals surface area contributed by atoms with E-state index in [2.05, 4.69) is 4.72 Å². The smallest absolute Gasteiger partial charge is 0.257 e. The summed E-state index contributed by atoms with van der Waals surface area (Å²) in [6, 6.07) is 17.1. The van der Waals surface area contributed by atoms with Crippen LogP contribution in [0.15, 0.2) is 54.6 Å². The minimum absolute atomic E-state index is 0.307. The van der Waals surface area contributed by atoms with Crippen LogP contribution in [-0.2, 0) is 23.2 Å². The molecule has 0 saturated heterocycles. The van der Waals surface area contributed by atoms with Crippen LogP contribution in [0.3, 0.4) is 0 Å². The summed E-state index contributed by atoms with van der Waals surface area (Å²) in [5, 5.41) is 0. The zero-order valence-electron chi connectivity index (χ0n) is 11.0. The maximum absolute atomic E-state index is 12.4. The molecule has 0 fully saturated rings. The molecule has 4 nitrogen and oxygen atoms in total. The van der Waals surface area contributed by atoms with Crippen LogP contribution < -0.4 is 9.03 Å². The van der Waals surface area contributed by atoms with Crippen LogP contribution in [0.25, 0.3) is 0 Å². The average molecular weight is 288 g/mol. The van der Waals surface area contributed by atoms with Crippen molar-refractivity contribution in [2.75, 3.05) is 10.8 Å². The van der Waals surface area contributed by atoms with Crippen molar-refractivity contribution >= 4 is 15.9 Å². The summed E-state index contributed by atoms with van der Waals surface area (Å²) in [6.45, 7) is 0.811. The average Bonchev–Trinajstić information content (AvgIpc) is 2.91. The van der Waals surface area contributed by atoms with Crippen LogP contribution in [0.5, 0.6) is 0 Å². The molecule has 1 heterocycles. The number of benzene rings is 2. The van der Waals surface area contributed by atoms with E-state index in [9.17, 15) is 8.42 Å². The molecular formula is C15H16N2O2S. The summed E-state index contributed by atoms with van der Waals surface area (Å²) in [5.74, 6) is 0. The van der Waals surface area contributed by atoms with Crippen molar-refractivity contribution in [3.8, 4) is 0 Å². The van der Waals surface area contributed by atoms with Gasteiger partial charge >= 0.3 is 10.2 Å². The first-order valence-electron chi connectivity index (χ1n) is 6.56. The first-order valence-corrected chi connectivity index (χ1v) is 8.00. The van der Waals surface area contributed by atoms with E-state index in [1.54, 1.807) is 0 Å². The highest BCUT2D eigenvalue weighted by Crippen LogP contribution is 2.29. The second-order valence-corrected chi connectivity index (χ2v) is 6.44. The van der Waals surface area contributed by atoms with Crippen molar-refractivity contribution in [2.45, 2.75) is 13.0 Å². The van der Waals surface area contributed by atoms with Crippen molar-refractivity contribution < 1.29 is 8.42 Å². The lowest BCUT2D eigenvalue weighted by molar-refractivity contribution is 0.577. The lowest BCUT2D eigenvalue weighted by Gasteiger charge is -2.19. The van der Waals surface area contributed by atoms with E-state index < -0.39 is 10.2 Å². The van der Waals surface area contributed by atoms with Crippen LogP contribution in [-0.4, -0.2) is 15.0 Å². The van der Waals surface area contributed by atoms with E-state index in [-0.39, 0.29) is 0 Å². The van der Waals surface area contributed by atoms with Crippen molar-refractivity contribution in [3.05, 3.63) is 65.7 Å². The molecule has 2 aromatic rings. The van der Waals surface area contributed by atoms with Gasteiger partial charge in [-0.2, -0.15) is 13.1 Å². The lowest BCUT2D eigenvalue weighted by Crippen LogP contribution is -2.39. The van der Waals surface area contributed by atoms with Gasteiger partial charge in [0.05, 0.1) is 5.69 Å². The van der Waals surface area contributed by atoms with E-state index in [0.29, 0.717) is 13.1 Å². The minimum atomic E-state index is -3.49. The predicted molar refractivity (Wildman–Crippen MR) is 79.7 cm³/mol. The van der Waals surface area contributed by atoms with Gasteiger partial charge in [-0.3, -0.25) is 4.31 Å². The molecule has 104 valence electrons. The van der Waals surface area contributed by atoms with Crippen molar-refractivity contribution in [1.29, 1.82) is 0 Å². The molecule has 5 heteroatoms. The van der Waals surface area contributed by atoms with E-state index in [0.717, 1.165) is 23.2 Å². The highest BCUT2D eigenvalue weighted by molar-refractivity contribution is 7.90. The molecule has 0 amide bonds. The number of rotatable bonds is 4. The second kappa shape index (κ2) is 5.26. The molecule has 1 aliphatic rings. The fraction of sp³-hybridized carbons (Fsp3) is 0.200. The number of nitrogens with one attached hydrogen (secondary N) is 1. The van der Waals surface area contributed by atoms with Crippen molar-refractivity contribution in [1.82, 2.24) is 4.72 Å². The number of hydrogen-bond donors (Lipinski definition) is 1. The highest BCUT2D eigenvalue weighted by atomic mass is 32.2. The molecule has 1 N–H and O–H groups in total. The zero-order valence-corrected chi connectivity index (χ0v) is 11.8. The van der Waals surface area contributed by atoms with Gasteiger partial charge < -0.3 is 0 Å². The van der Waals surface area contributed by atoms with Crippen molar-refractivity contribution in [3.63, 3.8) is 0 Å². The van der Waals surface area contributed by atoms with E-state index >= 15 is 0 Å². The fourth-order valence-corrected chi connectivity index (χ4v) is 3.68. The Morgan fingerprint density at radius 3 is 2.50 bits per heavy atom. The number of fused-ring (bicyclic) bond motifs is 1. The lowest BCUT2D eigenvalue weighted by atomic mass is 10.2. The molecule has 3 rings (SSSR count). The summed E-state index contributed by atoms with van der Waals surface area (Å²) in [4.78, 5) is 0. The first kappa shape index (κ1) is 13.1. The summed E-state index contributed by atoms with van der Waals surface area (Å²) < 4.78 is 28.9. The Morgan fingerprint density at radius 2 is 1.70 bits per heavy atom. The van der Waals surface area contributed by atoms with Gasteiger partial charge in [0.25, 0.3) is 0 Å². The van der Waals surface area contributed by atoms with Crippen LogP contribution in [0.1, 0.15) is 11.1 Å². The van der Waals surface area contributed by atoms with Crippen LogP contribution in [0, 0.1) is 0 Å². The molecule has 20 heavy (non-hydrogen) atoms. The molecule has 0 aromatic heterocycles. The van der Waals surface area contributed by atoms with Crippen LogP contribution in [0.4, 0.5) is 5.69 Å². The normalized spacial score (nSPS) is 14.3. The third kappa shape index (κ3) is 2.55. The first-order chi connectivity index (χ1) is 9.67. The van der Waals surface area contributed by atoms with E-state index in [1.807, 2.05) is 54.6 Å². The predicted octanol–water partition coefficient (Wildman–Crippen LogP) is 2.08. The Morgan fingerprint density at radius 1 is 1.00 bits per heavy atom. The third-order valence-electron chi connectivity index (χ3n) is 3.44. The molecule has 1 aliphatic heterocycles. The number of nitrogens with zero attached hydrogens (tertiary/aromatic N) is 1. The largest absolute Gasteiger partial charge is 0.301 e. The number of anilines is 1. The maximum Gasteiger partial charge on any atom is 0.301 e. The Labute approximate surface area is 119 Å². The minimum Gasteiger partial charge on any atom is -0.257 e. The molecule has 2 aromatic carbocycles. The zero-order chi connectivity index (χ0) is 14.0. The molecule has 0 atom stereocenters. The topological polar surface area (TPSA) is 49.4 Å². The monoisotopic (exact) mass is 288 g/mol. The van der Waals surface area contributed by atoms with Gasteiger partial charge in [0, 0.05) is 13.1 Å². The van der Waals surface area contributed by atoms with Gasteiger partial charge in [-0.15, -0.1) is 0 Å². The summed E-state index contributed by atoms with van der Waals surface area (Å²) in [5.41, 5.74) is 2.81. The SMILES string of the molecule is O=S(=O)(NCc1ccccc1)N1CCc2ccccc21. The molecular weight excluding hydrogens is 272 g/mol. The van der Waals surface area contributed by atoms with E-state index in [4.69, 9.17) is 0 Å². The van der Waals surface area contributed by atoms with Crippen molar-refractivity contribution in [2.24, 2.45) is 0 Å². The molecule has 0 bridgehead atoms. The summed E-state index contributed by atoms with van der Waals surface area (Å²) in [7, 11) is -3.49. The Kier molecular flexibility index (Phi) is 3.46. The molecule has 0 saturated carbocycles. The van der Waals surface area contributed by atoms with Gasteiger partial charge in [-0.05, 0) is 23.6 Å². The maximum atomic E-state index is 12.4. The van der Waals surface area contributed by atoms with Gasteiger partial charge in [0.1, 0.15) is 0 Å². The van der Waals surface area contributed by atoms with Gasteiger partial charge in [0.2, 0.25) is 0 Å². The van der Waals surface area contributed by atoms with Gasteiger partial charge in [0.15, 0.2) is 0 Å². The van der Waals surface area contributed by atoms with Crippen LogP contribution in [0.2, 0.25) is 0 Å². The number of hydrogen-bond acceptors (Lipinski definition) is 2. The second-order valence-electron chi connectivity index (χ2n) is 4.76. The Balaban J connectivity index is 1.77. The third-order valence-corrected chi connectivity index (χ3v) is 4.90. The number of para-hydroxylation sites is 1. The Hall–Kier alpha value is -1.85. The fourth-order valence-electron chi connectivity index (χ4n) is 2.41. The highest BCUT2D eigenvalue weighted by Gasteiger charge is 2.28. The van der Waals surface area contributed by atoms with Gasteiger partial charge in [-0.25, -0.2) is 0 Å². The summed E-state index contributed by atoms with van der Waals surface area (Å²) in [6.07, 6.45) is 0.766. The van der Waals surface area contributed by atoms with Gasteiger partial charge in [-0.1, -0.05) is 48.5 Å². The quantitative estimate of drug-likeness (QED) is 0.936. The molecule has 0 unspecified atom stereocenters. The molecule has 0 aliphatic carbocycles. The standard InChI is InChI=1S/C15H16N2O2S/c18-20(19,16-12-13-6-2-1-3-7-13)17-11-10-14-8-4-5-9-15(14)17/h1-9,16H,10-12H2. The Bertz CT molecular complexity index is 699. The molecule has 0 radical (unpaired) electrons.